The molecule has 1 fully saturated rings. The molecule has 1 N–H and O–H groups in total. The predicted octanol–water partition coefficient (Wildman–Crippen LogP) is 2.90. The number of benzene rings is 1. The summed E-state index contributed by atoms with van der Waals surface area (Å²) in [5.41, 5.74) is 0.746. The number of hydrogen-bond donors (Lipinski definition) is 1. The first-order chi connectivity index (χ1) is 7.69. The quantitative estimate of drug-likeness (QED) is 0.812. The first-order valence-electron chi connectivity index (χ1n) is 5.87. The maximum absolute atomic E-state index is 13.0. The van der Waals surface area contributed by atoms with Gasteiger partial charge in [-0.3, -0.25) is 0 Å². The van der Waals surface area contributed by atoms with Crippen molar-refractivity contribution in [1.29, 1.82) is 0 Å². The van der Waals surface area contributed by atoms with Gasteiger partial charge in [-0.1, -0.05) is 6.92 Å². The van der Waals surface area contributed by atoms with Gasteiger partial charge in [0.25, 0.3) is 0 Å². The van der Waals surface area contributed by atoms with E-state index in [0.29, 0.717) is 18.4 Å². The van der Waals surface area contributed by atoms with Crippen LogP contribution in [0.5, 0.6) is 0 Å². The van der Waals surface area contributed by atoms with Crippen molar-refractivity contribution in [2.45, 2.75) is 32.2 Å². The molecule has 1 aliphatic rings. The van der Waals surface area contributed by atoms with Crippen molar-refractivity contribution in [3.05, 3.63) is 35.4 Å². The first kappa shape index (κ1) is 11.5. The Morgan fingerprint density at radius 3 is 2.38 bits per heavy atom. The third kappa shape index (κ3) is 3.01. The summed E-state index contributed by atoms with van der Waals surface area (Å²) >= 11 is 0. The lowest BCUT2D eigenvalue weighted by Gasteiger charge is -2.17. The molecule has 0 aliphatic heterocycles. The van der Waals surface area contributed by atoms with Gasteiger partial charge >= 0.3 is 0 Å². The average molecular weight is 225 g/mol. The Morgan fingerprint density at radius 2 is 1.88 bits per heavy atom. The minimum Gasteiger partial charge on any atom is -0.314 e. The van der Waals surface area contributed by atoms with Gasteiger partial charge in [0.05, 0.1) is 0 Å². The predicted molar refractivity (Wildman–Crippen MR) is 60.3 cm³/mol. The summed E-state index contributed by atoms with van der Waals surface area (Å²) in [7, 11) is 0. The van der Waals surface area contributed by atoms with Crippen molar-refractivity contribution >= 4 is 0 Å². The van der Waals surface area contributed by atoms with Crippen molar-refractivity contribution in [3.8, 4) is 0 Å². The van der Waals surface area contributed by atoms with E-state index >= 15 is 0 Å². The van der Waals surface area contributed by atoms with Gasteiger partial charge in [0.2, 0.25) is 0 Å². The summed E-state index contributed by atoms with van der Waals surface area (Å²) in [6, 6.07) is 4.14. The highest BCUT2D eigenvalue weighted by atomic mass is 19.1. The maximum Gasteiger partial charge on any atom is 0.126 e. The number of nitrogens with one attached hydrogen (secondary N) is 1. The second kappa shape index (κ2) is 4.91. The molecule has 0 radical (unpaired) electrons. The highest BCUT2D eigenvalue weighted by molar-refractivity contribution is 5.19. The highest BCUT2D eigenvalue weighted by Crippen LogP contribution is 2.34. The summed E-state index contributed by atoms with van der Waals surface area (Å²) in [5.74, 6) is -0.284. The molecule has 0 bridgehead atoms. The molecule has 16 heavy (non-hydrogen) atoms. The van der Waals surface area contributed by atoms with Crippen molar-refractivity contribution in [1.82, 2.24) is 5.32 Å². The Bertz CT molecular complexity index is 341. The number of rotatable bonds is 5. The van der Waals surface area contributed by atoms with Gasteiger partial charge in [-0.15, -0.1) is 0 Å². The molecule has 0 aromatic heterocycles. The topological polar surface area (TPSA) is 12.0 Å². The molecule has 1 aliphatic carbocycles. The minimum atomic E-state index is -0.485. The van der Waals surface area contributed by atoms with Crippen molar-refractivity contribution in [3.63, 3.8) is 0 Å². The van der Waals surface area contributed by atoms with Crippen LogP contribution in [0.1, 0.15) is 25.3 Å². The molecule has 1 atom stereocenters. The van der Waals surface area contributed by atoms with Gasteiger partial charge in [-0.05, 0) is 49.4 Å². The molecular weight excluding hydrogens is 208 g/mol. The minimum absolute atomic E-state index is 0.367. The van der Waals surface area contributed by atoms with E-state index in [1.807, 2.05) is 0 Å². The molecule has 1 unspecified atom stereocenters. The van der Waals surface area contributed by atoms with E-state index in [0.717, 1.165) is 18.2 Å². The smallest absolute Gasteiger partial charge is 0.126 e. The molecule has 3 heteroatoms. The zero-order chi connectivity index (χ0) is 11.5. The molecular formula is C13H17F2N. The Morgan fingerprint density at radius 1 is 1.25 bits per heavy atom. The molecule has 1 aromatic rings. The average Bonchev–Trinajstić information content (AvgIpc) is 2.98. The SMILES string of the molecule is CCNC(Cc1cc(F)cc(F)c1)C1CC1. The molecule has 0 heterocycles. The largest absolute Gasteiger partial charge is 0.314 e. The monoisotopic (exact) mass is 225 g/mol. The summed E-state index contributed by atoms with van der Waals surface area (Å²) in [6.45, 7) is 2.96. The molecule has 2 rings (SSSR count). The van der Waals surface area contributed by atoms with E-state index in [4.69, 9.17) is 0 Å². The summed E-state index contributed by atoms with van der Waals surface area (Å²) in [4.78, 5) is 0. The third-order valence-corrected chi connectivity index (χ3v) is 3.04. The van der Waals surface area contributed by atoms with Crippen LogP contribution in [0.4, 0.5) is 8.78 Å². The van der Waals surface area contributed by atoms with Gasteiger partial charge in [0.15, 0.2) is 0 Å². The molecule has 0 amide bonds. The molecule has 0 spiro atoms. The van der Waals surface area contributed by atoms with Crippen LogP contribution in [0.25, 0.3) is 0 Å². The van der Waals surface area contributed by atoms with Crippen molar-refractivity contribution in [2.75, 3.05) is 6.54 Å². The van der Waals surface area contributed by atoms with Crippen LogP contribution in [-0.2, 0) is 6.42 Å². The number of halogens is 2. The first-order valence-corrected chi connectivity index (χ1v) is 5.87. The van der Waals surface area contributed by atoms with Crippen LogP contribution in [0, 0.1) is 17.6 Å². The van der Waals surface area contributed by atoms with Gasteiger partial charge in [0.1, 0.15) is 11.6 Å². The Kier molecular flexibility index (Phi) is 3.54. The molecule has 1 saturated carbocycles. The van der Waals surface area contributed by atoms with Gasteiger partial charge in [-0.25, -0.2) is 8.78 Å². The molecule has 1 nitrogen and oxygen atoms in total. The van der Waals surface area contributed by atoms with Crippen LogP contribution in [0.2, 0.25) is 0 Å². The fraction of sp³-hybridized carbons (Fsp3) is 0.538. The van der Waals surface area contributed by atoms with E-state index in [1.165, 1.54) is 25.0 Å². The van der Waals surface area contributed by atoms with Crippen LogP contribution < -0.4 is 5.32 Å². The van der Waals surface area contributed by atoms with Crippen LogP contribution in [0.3, 0.4) is 0 Å². The molecule has 88 valence electrons. The zero-order valence-electron chi connectivity index (χ0n) is 9.47. The fourth-order valence-electron chi connectivity index (χ4n) is 2.15. The second-order valence-electron chi connectivity index (χ2n) is 4.48. The maximum atomic E-state index is 13.0. The van der Waals surface area contributed by atoms with E-state index < -0.39 is 11.6 Å². The Hall–Kier alpha value is -0.960. The Labute approximate surface area is 94.9 Å². The molecule has 0 saturated heterocycles. The molecule has 1 aromatic carbocycles. The summed E-state index contributed by atoms with van der Waals surface area (Å²) < 4.78 is 26.0. The Balaban J connectivity index is 2.05. The normalized spacial score (nSPS) is 17.4. The lowest BCUT2D eigenvalue weighted by Crippen LogP contribution is -2.32. The van der Waals surface area contributed by atoms with E-state index in [1.54, 1.807) is 0 Å². The third-order valence-electron chi connectivity index (χ3n) is 3.04. The van der Waals surface area contributed by atoms with Gasteiger partial charge < -0.3 is 5.32 Å². The van der Waals surface area contributed by atoms with Crippen molar-refractivity contribution in [2.24, 2.45) is 5.92 Å². The number of likely N-dealkylation sites (N-methyl/N-ethyl adjacent to an activating group) is 1. The van der Waals surface area contributed by atoms with Crippen molar-refractivity contribution < 1.29 is 8.78 Å². The van der Waals surface area contributed by atoms with E-state index in [-0.39, 0.29) is 0 Å². The standard InChI is InChI=1S/C13H17F2N/c1-2-16-13(10-3-4-10)7-9-5-11(14)8-12(15)6-9/h5-6,8,10,13,16H,2-4,7H2,1H3. The summed E-state index contributed by atoms with van der Waals surface area (Å²) in [6.07, 6.45) is 3.18. The van der Waals surface area contributed by atoms with E-state index in [9.17, 15) is 8.78 Å². The lowest BCUT2D eigenvalue weighted by atomic mass is 10.0. The van der Waals surface area contributed by atoms with Crippen LogP contribution in [-0.4, -0.2) is 12.6 Å². The fourth-order valence-corrected chi connectivity index (χ4v) is 2.15. The number of hydrogen-bond acceptors (Lipinski definition) is 1. The highest BCUT2D eigenvalue weighted by Gasteiger charge is 2.30. The lowest BCUT2D eigenvalue weighted by molar-refractivity contribution is 0.469. The second-order valence-corrected chi connectivity index (χ2v) is 4.48. The van der Waals surface area contributed by atoms with Gasteiger partial charge in [-0.2, -0.15) is 0 Å². The van der Waals surface area contributed by atoms with Gasteiger partial charge in [0, 0.05) is 12.1 Å². The van der Waals surface area contributed by atoms with Crippen LogP contribution >= 0.6 is 0 Å². The van der Waals surface area contributed by atoms with E-state index in [2.05, 4.69) is 12.2 Å². The van der Waals surface area contributed by atoms with Crippen LogP contribution in [0.15, 0.2) is 18.2 Å². The summed E-state index contributed by atoms with van der Waals surface area (Å²) in [5, 5.41) is 3.39. The zero-order valence-corrected chi connectivity index (χ0v) is 9.47.